The second-order valence-corrected chi connectivity index (χ2v) is 19.8. The number of nitrogens with one attached hydrogen (secondary N) is 2. The Balaban J connectivity index is 0.858. The van der Waals surface area contributed by atoms with Crippen LogP contribution in [0.2, 0.25) is 0 Å². The molecule has 0 spiro atoms. The third-order valence-electron chi connectivity index (χ3n) is 14.4. The number of aliphatic hydroxyl groups excluding tert-OH is 1. The summed E-state index contributed by atoms with van der Waals surface area (Å²) in [5.74, 6) is 1.19. The summed E-state index contributed by atoms with van der Waals surface area (Å²) in [5.41, 5.74) is 7.28. The molecule has 17 heteroatoms. The molecule has 2 saturated heterocycles. The van der Waals surface area contributed by atoms with Gasteiger partial charge in [0.2, 0.25) is 11.7 Å². The number of anilines is 6. The quantitative estimate of drug-likeness (QED) is 0.141. The molecule has 4 aromatic heterocycles. The van der Waals surface area contributed by atoms with Crippen molar-refractivity contribution in [3.63, 3.8) is 0 Å². The smallest absolute Gasteiger partial charge is 0.293 e. The van der Waals surface area contributed by atoms with E-state index in [9.17, 15) is 19.5 Å². The first kappa shape index (κ1) is 45.1. The summed E-state index contributed by atoms with van der Waals surface area (Å²) >= 11 is 0. The summed E-state index contributed by atoms with van der Waals surface area (Å²) < 4.78 is 15.7. The number of aromatic nitrogens is 5. The topological polar surface area (TPSA) is 175 Å². The van der Waals surface area contributed by atoms with Gasteiger partial charge in [-0.25, -0.2) is 15.0 Å². The highest BCUT2D eigenvalue weighted by Crippen LogP contribution is 2.43. The highest BCUT2D eigenvalue weighted by molar-refractivity contribution is 6.06. The van der Waals surface area contributed by atoms with Crippen molar-refractivity contribution in [2.45, 2.75) is 97.7 Å². The van der Waals surface area contributed by atoms with E-state index in [-0.39, 0.29) is 46.8 Å². The number of benzene rings is 1. The van der Waals surface area contributed by atoms with E-state index in [2.05, 4.69) is 74.1 Å². The minimum absolute atomic E-state index is 0.0328. The predicted octanol–water partition coefficient (Wildman–Crippen LogP) is 5.91. The number of hydrogen-bond donors (Lipinski definition) is 3. The van der Waals surface area contributed by atoms with E-state index >= 15 is 0 Å². The second-order valence-electron chi connectivity index (χ2n) is 19.8. The normalized spacial score (nSPS) is 22.2. The Morgan fingerprint density at radius 2 is 1.78 bits per heavy atom. The summed E-state index contributed by atoms with van der Waals surface area (Å²) in [5, 5.41) is 17.1. The lowest BCUT2D eigenvalue weighted by molar-refractivity contribution is -0.111. The Morgan fingerprint density at radius 3 is 2.56 bits per heavy atom. The lowest BCUT2D eigenvalue weighted by Crippen LogP contribution is -2.58. The number of ether oxygens (including phenoxy) is 2. The number of piperazine rings is 1. The van der Waals surface area contributed by atoms with Crippen LogP contribution in [0.4, 0.5) is 34.4 Å². The number of nitrogens with zero attached hydrogens (tertiary/aromatic N) is 9. The summed E-state index contributed by atoms with van der Waals surface area (Å²) in [6.07, 6.45) is 10.1. The first-order chi connectivity index (χ1) is 32.7. The van der Waals surface area contributed by atoms with Crippen molar-refractivity contribution in [1.29, 1.82) is 0 Å². The van der Waals surface area contributed by atoms with Gasteiger partial charge in [0.05, 0.1) is 29.4 Å². The molecule has 1 unspecified atom stereocenters. The molecule has 1 aliphatic carbocycles. The molecule has 3 N–H and O–H groups in total. The number of aliphatic hydroxyl groups is 1. The van der Waals surface area contributed by atoms with E-state index in [1.54, 1.807) is 36.6 Å². The first-order valence-corrected chi connectivity index (χ1v) is 23.8. The number of aryl methyl sites for hydroxylation is 1. The minimum atomic E-state index is -0.403. The van der Waals surface area contributed by atoms with E-state index in [0.29, 0.717) is 71.3 Å². The number of rotatable bonds is 10. The molecule has 1 aromatic carbocycles. The van der Waals surface area contributed by atoms with E-state index < -0.39 is 6.61 Å². The van der Waals surface area contributed by atoms with Gasteiger partial charge in [-0.3, -0.25) is 24.2 Å². The number of carbonyl (C=O) groups is 2. The molecular weight excluding hydrogens is 863 g/mol. The zero-order valence-electron chi connectivity index (χ0n) is 39.8. The fourth-order valence-electron chi connectivity index (χ4n) is 11.1. The van der Waals surface area contributed by atoms with E-state index in [1.165, 1.54) is 21.9 Å². The molecule has 10 rings (SSSR count). The molecule has 8 heterocycles. The maximum atomic E-state index is 14.1. The molecule has 68 heavy (non-hydrogen) atoms. The molecule has 5 aromatic rings. The number of amides is 2. The Hall–Kier alpha value is -6.72. The van der Waals surface area contributed by atoms with Crippen molar-refractivity contribution >= 4 is 46.2 Å². The van der Waals surface area contributed by atoms with Crippen molar-refractivity contribution in [2.24, 2.45) is 12.5 Å². The molecule has 4 aliphatic heterocycles. The lowest BCUT2D eigenvalue weighted by atomic mass is 9.90. The van der Waals surface area contributed by atoms with Gasteiger partial charge < -0.3 is 44.1 Å². The van der Waals surface area contributed by atoms with Crippen molar-refractivity contribution in [1.82, 2.24) is 29.0 Å². The Kier molecular flexibility index (Phi) is 11.8. The molecule has 356 valence electrons. The van der Waals surface area contributed by atoms with Crippen LogP contribution in [0.15, 0.2) is 72.4 Å². The Labute approximate surface area is 396 Å². The largest absolute Gasteiger partial charge is 0.482 e. The molecule has 0 radical (unpaired) electrons. The van der Waals surface area contributed by atoms with E-state index in [1.807, 2.05) is 37.3 Å². The molecular formula is C51H61N11O6. The average Bonchev–Trinajstić information content (AvgIpc) is 3.82. The van der Waals surface area contributed by atoms with Gasteiger partial charge in [0.15, 0.2) is 5.82 Å². The number of pyridine rings is 2. The van der Waals surface area contributed by atoms with Gasteiger partial charge >= 0.3 is 0 Å². The van der Waals surface area contributed by atoms with E-state index in [0.717, 1.165) is 69.0 Å². The fourth-order valence-corrected chi connectivity index (χ4v) is 11.1. The number of hydrogen-bond acceptors (Lipinski definition) is 13. The Morgan fingerprint density at radius 1 is 0.971 bits per heavy atom. The van der Waals surface area contributed by atoms with Crippen LogP contribution in [-0.4, -0.2) is 109 Å². The van der Waals surface area contributed by atoms with Crippen LogP contribution < -0.4 is 40.4 Å². The van der Waals surface area contributed by atoms with Gasteiger partial charge in [0.1, 0.15) is 24.2 Å². The maximum Gasteiger partial charge on any atom is 0.293 e. The summed E-state index contributed by atoms with van der Waals surface area (Å²) in [6.45, 7) is 19.2. The van der Waals surface area contributed by atoms with Crippen LogP contribution in [0.3, 0.4) is 0 Å². The monoisotopic (exact) mass is 923 g/mol. The number of carbonyl (C=O) groups excluding carboxylic acids is 2. The minimum Gasteiger partial charge on any atom is -0.482 e. The highest BCUT2D eigenvalue weighted by atomic mass is 16.6. The summed E-state index contributed by atoms with van der Waals surface area (Å²) in [4.78, 5) is 63.5. The van der Waals surface area contributed by atoms with Crippen molar-refractivity contribution in [3.05, 3.63) is 101 Å². The standard InChI is InChI=1S/C51H61N11O6/c1-8-44(64)55-38-23-34(9-10-40(38)60-18-17-58(26-31(60)3)35-13-16-59(30(2)21-35)41-12-15-53-48-45(41)67-29-32(4)68-48)54-46-50(66)57(7)27-39(56-46)36-11-14-52-47(37(36)28-63)62-20-19-61-42(49(62)65)22-33-24-51(5,6)25-43(33)61/h8-12,14-15,22-23,27,30-32,35,63H,1,13,16-21,24-26,28-29H2,2-7H3,(H,54,56)(H,55,64)/t30-,31-,32+,35?/m0/s1. The molecule has 0 bridgehead atoms. The van der Waals surface area contributed by atoms with Crippen molar-refractivity contribution in [2.75, 3.05) is 64.7 Å². The third-order valence-corrected chi connectivity index (χ3v) is 14.4. The fraction of sp³-hybridized carbons (Fsp3) is 0.451. The summed E-state index contributed by atoms with van der Waals surface area (Å²) in [6, 6.07) is 12.3. The van der Waals surface area contributed by atoms with Gasteiger partial charge in [-0.2, -0.15) is 0 Å². The number of fused-ring (bicyclic) bond motifs is 4. The first-order valence-electron chi connectivity index (χ1n) is 23.8. The van der Waals surface area contributed by atoms with Crippen molar-refractivity contribution < 1.29 is 24.2 Å². The van der Waals surface area contributed by atoms with Gasteiger partial charge in [-0.1, -0.05) is 20.4 Å². The van der Waals surface area contributed by atoms with Crippen LogP contribution >= 0.6 is 0 Å². The van der Waals surface area contributed by atoms with Gasteiger partial charge in [-0.15, -0.1) is 0 Å². The van der Waals surface area contributed by atoms with E-state index in [4.69, 9.17) is 14.5 Å². The zero-order chi connectivity index (χ0) is 47.6. The maximum absolute atomic E-state index is 14.1. The van der Waals surface area contributed by atoms with Gasteiger partial charge in [0.25, 0.3) is 17.3 Å². The van der Waals surface area contributed by atoms with Crippen LogP contribution in [0.5, 0.6) is 11.6 Å². The molecule has 2 fully saturated rings. The highest BCUT2D eigenvalue weighted by Gasteiger charge is 2.39. The molecule has 0 saturated carbocycles. The number of piperidine rings is 1. The Bertz CT molecular complexity index is 2870. The van der Waals surface area contributed by atoms with Crippen LogP contribution in [-0.2, 0) is 37.8 Å². The van der Waals surface area contributed by atoms with Crippen LogP contribution in [0.1, 0.15) is 74.8 Å². The van der Waals surface area contributed by atoms with Crippen molar-refractivity contribution in [3.8, 4) is 22.9 Å². The SMILES string of the molecule is C=CC(=O)Nc1cc(Nc2nc(-c3ccnc(N4CCn5c(cc6c5CC(C)(C)C6)C4=O)c3CO)cn(C)c2=O)ccc1N1CCN(C2CCN(c3ccnc4c3OC[C@@H](C)O4)[C@@H](C)C2)C[C@@H]1C. The third kappa shape index (κ3) is 8.24. The summed E-state index contributed by atoms with van der Waals surface area (Å²) in [7, 11) is 1.64. The molecule has 17 nitrogen and oxygen atoms in total. The van der Waals surface area contributed by atoms with Crippen LogP contribution in [0.25, 0.3) is 11.3 Å². The van der Waals surface area contributed by atoms with Crippen LogP contribution in [0, 0.1) is 5.41 Å². The molecule has 5 aliphatic rings. The molecule has 4 atom stereocenters. The second kappa shape index (κ2) is 17.7. The van der Waals surface area contributed by atoms with Gasteiger partial charge in [-0.05, 0) is 99.9 Å². The van der Waals surface area contributed by atoms with Gasteiger partial charge in [0, 0.05) is 106 Å². The molecule has 2 amide bonds. The zero-order valence-corrected chi connectivity index (χ0v) is 39.8. The predicted molar refractivity (Wildman–Crippen MR) is 263 cm³/mol. The average molecular weight is 924 g/mol. The lowest BCUT2D eigenvalue weighted by Gasteiger charge is -2.48.